The van der Waals surface area contributed by atoms with Crippen LogP contribution < -0.4 is 5.32 Å². The number of rotatable bonds is 4. The lowest BCUT2D eigenvalue weighted by atomic mass is 10.2. The molecule has 1 aliphatic heterocycles. The zero-order valence-corrected chi connectivity index (χ0v) is 12.7. The van der Waals surface area contributed by atoms with Crippen LogP contribution in [0.1, 0.15) is 26.2 Å². The molecule has 0 spiro atoms. The van der Waals surface area contributed by atoms with Crippen molar-refractivity contribution in [3.63, 3.8) is 0 Å². The van der Waals surface area contributed by atoms with E-state index in [1.54, 1.807) is 12.1 Å². The summed E-state index contributed by atoms with van der Waals surface area (Å²) >= 11 is -0.0709. The van der Waals surface area contributed by atoms with E-state index >= 15 is 0 Å². The minimum Gasteiger partial charge on any atom is -0.381 e. The van der Waals surface area contributed by atoms with Gasteiger partial charge in [-0.2, -0.15) is 13.2 Å². The van der Waals surface area contributed by atoms with Crippen LogP contribution in [-0.2, 0) is 0 Å². The van der Waals surface area contributed by atoms with Crippen molar-refractivity contribution in [3.05, 3.63) is 24.3 Å². The highest BCUT2D eigenvalue weighted by Gasteiger charge is 2.38. The van der Waals surface area contributed by atoms with Gasteiger partial charge in [-0.1, -0.05) is 0 Å². The first-order valence-electron chi connectivity index (χ1n) is 7.29. The van der Waals surface area contributed by atoms with E-state index in [0.717, 1.165) is 24.7 Å². The maximum Gasteiger partial charge on any atom is 0.446 e. The number of nitrogens with zero attached hydrogens (tertiary/aromatic N) is 1. The van der Waals surface area contributed by atoms with Crippen molar-refractivity contribution in [2.75, 3.05) is 11.9 Å². The lowest BCUT2D eigenvalue weighted by Crippen LogP contribution is -2.30. The van der Waals surface area contributed by atoms with Crippen molar-refractivity contribution in [3.8, 4) is 0 Å². The Morgan fingerprint density at radius 1 is 1.19 bits per heavy atom. The SMILES string of the molecule is CC1CC(Nc2ccc(SC(F)(F)F)cc2)CN1C1CC1. The molecule has 2 aliphatic rings. The van der Waals surface area contributed by atoms with E-state index < -0.39 is 5.51 Å². The second kappa shape index (κ2) is 5.72. The molecule has 0 radical (unpaired) electrons. The molecule has 116 valence electrons. The minimum absolute atomic E-state index is 0.0709. The summed E-state index contributed by atoms with van der Waals surface area (Å²) in [6, 6.07) is 8.26. The quantitative estimate of drug-likeness (QED) is 0.832. The van der Waals surface area contributed by atoms with Crippen molar-refractivity contribution < 1.29 is 13.2 Å². The Bertz CT molecular complexity index is 485. The van der Waals surface area contributed by atoms with Gasteiger partial charge in [0.05, 0.1) is 0 Å². The maximum atomic E-state index is 12.3. The van der Waals surface area contributed by atoms with Crippen molar-refractivity contribution in [1.29, 1.82) is 0 Å². The number of nitrogens with one attached hydrogen (secondary N) is 1. The van der Waals surface area contributed by atoms with Gasteiger partial charge in [0.1, 0.15) is 0 Å². The van der Waals surface area contributed by atoms with Gasteiger partial charge in [-0.05, 0) is 62.2 Å². The first-order valence-corrected chi connectivity index (χ1v) is 8.10. The molecule has 6 heteroatoms. The monoisotopic (exact) mass is 316 g/mol. The summed E-state index contributed by atoms with van der Waals surface area (Å²) in [6.07, 6.45) is 3.70. The summed E-state index contributed by atoms with van der Waals surface area (Å²) in [7, 11) is 0. The molecule has 2 fully saturated rings. The zero-order chi connectivity index (χ0) is 15.0. The third-order valence-corrected chi connectivity index (χ3v) is 4.84. The van der Waals surface area contributed by atoms with Gasteiger partial charge in [0.25, 0.3) is 0 Å². The topological polar surface area (TPSA) is 15.3 Å². The Kier molecular flexibility index (Phi) is 4.10. The number of likely N-dealkylation sites (tertiary alicyclic amines) is 1. The van der Waals surface area contributed by atoms with E-state index in [2.05, 4.69) is 17.1 Å². The number of anilines is 1. The molecule has 1 aromatic rings. The number of benzene rings is 1. The van der Waals surface area contributed by atoms with Crippen LogP contribution in [0.4, 0.5) is 18.9 Å². The average molecular weight is 316 g/mol. The second-order valence-electron chi connectivity index (χ2n) is 5.93. The summed E-state index contributed by atoms with van der Waals surface area (Å²) in [4.78, 5) is 2.78. The average Bonchev–Trinajstić information content (AvgIpc) is 3.15. The van der Waals surface area contributed by atoms with Crippen molar-refractivity contribution in [2.24, 2.45) is 0 Å². The predicted octanol–water partition coefficient (Wildman–Crippen LogP) is 4.34. The van der Waals surface area contributed by atoms with Crippen LogP contribution in [0.2, 0.25) is 0 Å². The molecule has 0 amide bonds. The third kappa shape index (κ3) is 4.07. The van der Waals surface area contributed by atoms with Gasteiger partial charge in [-0.15, -0.1) is 0 Å². The molecule has 1 saturated heterocycles. The molecule has 1 N–H and O–H groups in total. The molecular weight excluding hydrogens is 297 g/mol. The molecule has 0 bridgehead atoms. The molecular formula is C15H19F3N2S. The first kappa shape index (κ1) is 15.0. The standard InChI is InChI=1S/C15H19F3N2S/c1-10-8-12(9-20(10)13-4-5-13)19-11-2-6-14(7-3-11)21-15(16,17)18/h2-3,6-7,10,12-13,19H,4-5,8-9H2,1H3. The molecule has 21 heavy (non-hydrogen) atoms. The van der Waals surface area contributed by atoms with Crippen LogP contribution in [0, 0.1) is 0 Å². The van der Waals surface area contributed by atoms with Gasteiger partial charge in [0.2, 0.25) is 0 Å². The summed E-state index contributed by atoms with van der Waals surface area (Å²) < 4.78 is 36.8. The zero-order valence-electron chi connectivity index (χ0n) is 11.9. The van der Waals surface area contributed by atoms with Gasteiger partial charge < -0.3 is 5.32 Å². The summed E-state index contributed by atoms with van der Waals surface area (Å²) in [5.41, 5.74) is -3.32. The number of hydrogen-bond donors (Lipinski definition) is 1. The summed E-state index contributed by atoms with van der Waals surface area (Å²) in [6.45, 7) is 3.29. The molecule has 0 aromatic heterocycles. The van der Waals surface area contributed by atoms with Crippen molar-refractivity contribution in [1.82, 2.24) is 4.90 Å². The molecule has 1 aliphatic carbocycles. The lowest BCUT2D eigenvalue weighted by Gasteiger charge is -2.20. The Morgan fingerprint density at radius 3 is 2.43 bits per heavy atom. The second-order valence-corrected chi connectivity index (χ2v) is 7.06. The largest absolute Gasteiger partial charge is 0.446 e. The van der Waals surface area contributed by atoms with Gasteiger partial charge in [0.15, 0.2) is 0 Å². The molecule has 2 unspecified atom stereocenters. The van der Waals surface area contributed by atoms with Crippen LogP contribution in [0.3, 0.4) is 0 Å². The van der Waals surface area contributed by atoms with Crippen LogP contribution in [-0.4, -0.2) is 35.1 Å². The molecule has 1 heterocycles. The van der Waals surface area contributed by atoms with Crippen LogP contribution in [0.15, 0.2) is 29.2 Å². The van der Waals surface area contributed by atoms with E-state index in [-0.39, 0.29) is 16.7 Å². The third-order valence-electron chi connectivity index (χ3n) is 4.10. The van der Waals surface area contributed by atoms with E-state index in [4.69, 9.17) is 0 Å². The van der Waals surface area contributed by atoms with E-state index in [0.29, 0.717) is 12.1 Å². The molecule has 1 aromatic carbocycles. The summed E-state index contributed by atoms with van der Waals surface area (Å²) in [5, 5.41) is 3.44. The van der Waals surface area contributed by atoms with Gasteiger partial charge >= 0.3 is 5.51 Å². The fourth-order valence-corrected chi connectivity index (χ4v) is 3.60. The van der Waals surface area contributed by atoms with E-state index in [1.807, 2.05) is 0 Å². The molecule has 2 nitrogen and oxygen atoms in total. The fourth-order valence-electron chi connectivity index (χ4n) is 3.06. The Balaban J connectivity index is 1.56. The highest BCUT2D eigenvalue weighted by Crippen LogP contribution is 2.37. The van der Waals surface area contributed by atoms with Gasteiger partial charge in [0, 0.05) is 35.3 Å². The Morgan fingerprint density at radius 2 is 1.86 bits per heavy atom. The van der Waals surface area contributed by atoms with Crippen molar-refractivity contribution >= 4 is 17.4 Å². The Hall–Kier alpha value is -0.880. The first-order chi connectivity index (χ1) is 9.90. The number of hydrogen-bond acceptors (Lipinski definition) is 3. The summed E-state index contributed by atoms with van der Waals surface area (Å²) in [5.74, 6) is 0. The molecule has 1 saturated carbocycles. The number of halogens is 3. The number of alkyl halides is 3. The maximum absolute atomic E-state index is 12.3. The predicted molar refractivity (Wildman–Crippen MR) is 79.6 cm³/mol. The van der Waals surface area contributed by atoms with Gasteiger partial charge in [-0.25, -0.2) is 0 Å². The Labute approximate surface area is 127 Å². The lowest BCUT2D eigenvalue weighted by molar-refractivity contribution is -0.0328. The molecule has 2 atom stereocenters. The van der Waals surface area contributed by atoms with Crippen LogP contribution in [0.5, 0.6) is 0 Å². The van der Waals surface area contributed by atoms with Gasteiger partial charge in [-0.3, -0.25) is 4.90 Å². The highest BCUT2D eigenvalue weighted by molar-refractivity contribution is 8.00. The number of thioether (sulfide) groups is 1. The fraction of sp³-hybridized carbons (Fsp3) is 0.600. The minimum atomic E-state index is -4.22. The highest BCUT2D eigenvalue weighted by atomic mass is 32.2. The van der Waals surface area contributed by atoms with Crippen LogP contribution >= 0.6 is 11.8 Å². The molecule has 3 rings (SSSR count). The van der Waals surface area contributed by atoms with E-state index in [9.17, 15) is 13.2 Å². The van der Waals surface area contributed by atoms with Crippen molar-refractivity contribution in [2.45, 2.75) is 54.7 Å². The normalized spacial score (nSPS) is 27.0. The van der Waals surface area contributed by atoms with Crippen LogP contribution in [0.25, 0.3) is 0 Å². The van der Waals surface area contributed by atoms with E-state index in [1.165, 1.54) is 25.0 Å². The smallest absolute Gasteiger partial charge is 0.381 e.